The van der Waals surface area contributed by atoms with Crippen molar-refractivity contribution in [2.75, 3.05) is 20.1 Å². The molecule has 0 saturated heterocycles. The fraction of sp³-hybridized carbons (Fsp3) is 0.750. The van der Waals surface area contributed by atoms with Crippen molar-refractivity contribution in [3.05, 3.63) is 0 Å². The summed E-state index contributed by atoms with van der Waals surface area (Å²) in [5.74, 6) is -10.0. The molecular weight excluding hydrogens is 308 g/mol. The highest BCUT2D eigenvalue weighted by molar-refractivity contribution is 5.88. The Labute approximate surface area is 106 Å². The zero-order valence-corrected chi connectivity index (χ0v) is 9.70. The molecule has 1 N–H and O–H groups in total. The number of carbonyl (C=O) groups is 2. The molecule has 0 saturated carbocycles. The van der Waals surface area contributed by atoms with Crippen LogP contribution in [-0.4, -0.2) is 55.1 Å². The molecule has 20 heavy (non-hydrogen) atoms. The topological polar surface area (TPSA) is 49.4 Å². The highest BCUT2D eigenvalue weighted by Crippen LogP contribution is 2.36. The monoisotopic (exact) mass is 316 g/mol. The van der Waals surface area contributed by atoms with E-state index in [4.69, 9.17) is 0 Å². The molecule has 12 heteroatoms. The Morgan fingerprint density at radius 2 is 1.45 bits per heavy atom. The maximum Gasteiger partial charge on any atom is 0.463 e. The van der Waals surface area contributed by atoms with Crippen LogP contribution in [0, 0.1) is 0 Å². The molecule has 0 aliphatic rings. The molecule has 0 aromatic carbocycles. The summed E-state index contributed by atoms with van der Waals surface area (Å²) >= 11 is 0. The van der Waals surface area contributed by atoms with Crippen molar-refractivity contribution in [2.24, 2.45) is 0 Å². The van der Waals surface area contributed by atoms with E-state index in [1.54, 1.807) is 0 Å². The van der Waals surface area contributed by atoms with E-state index in [-0.39, 0.29) is 4.90 Å². The van der Waals surface area contributed by atoms with Gasteiger partial charge in [0.2, 0.25) is 5.91 Å². The van der Waals surface area contributed by atoms with Gasteiger partial charge < -0.3 is 10.2 Å². The van der Waals surface area contributed by atoms with Crippen LogP contribution in [0.5, 0.6) is 0 Å². The number of hydrogen-bond acceptors (Lipinski definition) is 2. The maximum absolute atomic E-state index is 12.6. The molecule has 0 aliphatic carbocycles. The van der Waals surface area contributed by atoms with Crippen LogP contribution in [0.4, 0.5) is 35.1 Å². The average Bonchev–Trinajstić information content (AvgIpc) is 2.22. The third-order valence-electron chi connectivity index (χ3n) is 1.84. The van der Waals surface area contributed by atoms with Gasteiger partial charge in [-0.05, 0) is 0 Å². The molecule has 0 heterocycles. The van der Waals surface area contributed by atoms with Crippen LogP contribution in [0.15, 0.2) is 0 Å². The minimum absolute atomic E-state index is 0.320. The number of amides is 2. The van der Waals surface area contributed by atoms with Crippen LogP contribution in [0.1, 0.15) is 0 Å². The summed E-state index contributed by atoms with van der Waals surface area (Å²) in [5, 5.41) is 1.21. The molecule has 0 bridgehead atoms. The zero-order valence-electron chi connectivity index (χ0n) is 9.70. The number of carbonyl (C=O) groups excluding carboxylic acids is 2. The normalized spacial score (nSPS) is 13.1. The first kappa shape index (κ1) is 18.4. The van der Waals surface area contributed by atoms with E-state index in [1.807, 2.05) is 0 Å². The van der Waals surface area contributed by atoms with Gasteiger partial charge in [0, 0.05) is 7.05 Å². The van der Waals surface area contributed by atoms with Crippen LogP contribution in [0.2, 0.25) is 0 Å². The quantitative estimate of drug-likeness (QED) is 0.795. The molecule has 0 fully saturated rings. The lowest BCUT2D eigenvalue weighted by Crippen LogP contribution is -2.53. The molecule has 0 spiro atoms. The van der Waals surface area contributed by atoms with Crippen LogP contribution in [-0.2, 0) is 9.59 Å². The molecule has 0 radical (unpaired) electrons. The summed E-state index contributed by atoms with van der Waals surface area (Å²) in [6.45, 7) is -3.18. The van der Waals surface area contributed by atoms with E-state index in [2.05, 4.69) is 0 Å². The summed E-state index contributed by atoms with van der Waals surface area (Å²) in [6.07, 6.45) is -10.9. The highest BCUT2D eigenvalue weighted by atomic mass is 19.4. The Bertz CT molecular complexity index is 376. The number of rotatable bonds is 4. The van der Waals surface area contributed by atoms with Crippen LogP contribution in [0.3, 0.4) is 0 Å². The largest absolute Gasteiger partial charge is 0.463 e. The van der Waals surface area contributed by atoms with Gasteiger partial charge in [0.15, 0.2) is 0 Å². The van der Waals surface area contributed by atoms with Crippen molar-refractivity contribution in [3.8, 4) is 0 Å². The first-order valence-corrected chi connectivity index (χ1v) is 4.72. The van der Waals surface area contributed by atoms with E-state index >= 15 is 0 Å². The predicted octanol–water partition coefficient (Wildman–Crippen LogP) is 1.32. The van der Waals surface area contributed by atoms with Gasteiger partial charge in [0.25, 0.3) is 0 Å². The number of hydrogen-bond donors (Lipinski definition) is 1. The molecule has 0 rings (SSSR count). The first-order valence-electron chi connectivity index (χ1n) is 4.72. The van der Waals surface area contributed by atoms with Crippen molar-refractivity contribution >= 4 is 11.8 Å². The molecule has 118 valence electrons. The number of nitrogens with zero attached hydrogens (tertiary/aromatic N) is 1. The Balaban J connectivity index is 4.59. The van der Waals surface area contributed by atoms with Gasteiger partial charge in [-0.2, -0.15) is 35.1 Å². The maximum atomic E-state index is 12.6. The molecule has 4 nitrogen and oxygen atoms in total. The fourth-order valence-electron chi connectivity index (χ4n) is 0.903. The zero-order chi connectivity index (χ0) is 16.4. The first-order chi connectivity index (χ1) is 8.68. The number of halogens is 8. The molecule has 0 aromatic heterocycles. The average molecular weight is 316 g/mol. The number of likely N-dealkylation sites (N-methyl/N-ethyl adjacent to an activating group) is 1. The summed E-state index contributed by atoms with van der Waals surface area (Å²) in [6, 6.07) is 0. The van der Waals surface area contributed by atoms with E-state index < -0.39 is 43.2 Å². The third-order valence-corrected chi connectivity index (χ3v) is 1.84. The number of alkyl halides is 8. The second-order valence-electron chi connectivity index (χ2n) is 3.63. The molecule has 0 atom stereocenters. The van der Waals surface area contributed by atoms with Crippen molar-refractivity contribution in [1.82, 2.24) is 10.2 Å². The van der Waals surface area contributed by atoms with E-state index in [0.29, 0.717) is 7.05 Å². The molecular formula is C8H8F8N2O2. The Morgan fingerprint density at radius 1 is 1.00 bits per heavy atom. The van der Waals surface area contributed by atoms with Crippen LogP contribution < -0.4 is 5.32 Å². The van der Waals surface area contributed by atoms with Gasteiger partial charge >= 0.3 is 24.2 Å². The minimum Gasteiger partial charge on any atom is -0.345 e. The lowest BCUT2D eigenvalue weighted by Gasteiger charge is -2.24. The van der Waals surface area contributed by atoms with Gasteiger partial charge in [-0.25, -0.2) is 0 Å². The summed E-state index contributed by atoms with van der Waals surface area (Å²) < 4.78 is 95.7. The van der Waals surface area contributed by atoms with Gasteiger partial charge in [-0.1, -0.05) is 0 Å². The molecule has 0 unspecified atom stereocenters. The number of nitrogens with one attached hydrogen (secondary N) is 1. The second-order valence-corrected chi connectivity index (χ2v) is 3.63. The van der Waals surface area contributed by atoms with E-state index in [0.717, 1.165) is 0 Å². The SMILES string of the molecule is CN(CC(=O)NCC(F)(F)F)C(=O)C(F)(F)C(F)(F)F. The van der Waals surface area contributed by atoms with Crippen molar-refractivity contribution in [2.45, 2.75) is 18.3 Å². The lowest BCUT2D eigenvalue weighted by molar-refractivity contribution is -0.273. The molecule has 0 aromatic rings. The highest BCUT2D eigenvalue weighted by Gasteiger charge is 2.64. The van der Waals surface area contributed by atoms with Crippen molar-refractivity contribution in [1.29, 1.82) is 0 Å². The Morgan fingerprint density at radius 3 is 1.80 bits per heavy atom. The van der Waals surface area contributed by atoms with Gasteiger partial charge in [-0.3, -0.25) is 9.59 Å². The lowest BCUT2D eigenvalue weighted by atomic mass is 10.3. The van der Waals surface area contributed by atoms with E-state index in [1.165, 1.54) is 5.32 Å². The van der Waals surface area contributed by atoms with Crippen molar-refractivity contribution < 1.29 is 44.7 Å². The Kier molecular flexibility index (Phi) is 5.32. The van der Waals surface area contributed by atoms with Crippen LogP contribution in [0.25, 0.3) is 0 Å². The van der Waals surface area contributed by atoms with Gasteiger partial charge in [0.05, 0.1) is 6.54 Å². The van der Waals surface area contributed by atoms with Gasteiger partial charge in [0.1, 0.15) is 6.54 Å². The predicted molar refractivity (Wildman–Crippen MR) is 47.7 cm³/mol. The standard InChI is InChI=1S/C8H8F8N2O2/c1-18(2-4(19)17-3-6(9,10)11)5(20)7(12,13)8(14,15)16/h2-3H2,1H3,(H,17,19). The molecule has 2 amide bonds. The Hall–Kier alpha value is -1.62. The minimum atomic E-state index is -6.17. The van der Waals surface area contributed by atoms with Gasteiger partial charge in [-0.15, -0.1) is 0 Å². The van der Waals surface area contributed by atoms with Crippen LogP contribution >= 0.6 is 0 Å². The second kappa shape index (κ2) is 5.79. The molecule has 0 aliphatic heterocycles. The smallest absolute Gasteiger partial charge is 0.345 e. The summed E-state index contributed by atoms with van der Waals surface area (Å²) in [7, 11) is 0.426. The fourth-order valence-corrected chi connectivity index (χ4v) is 0.903. The summed E-state index contributed by atoms with van der Waals surface area (Å²) in [4.78, 5) is 21.3. The summed E-state index contributed by atoms with van der Waals surface area (Å²) in [5.41, 5.74) is 0. The van der Waals surface area contributed by atoms with E-state index in [9.17, 15) is 44.7 Å². The third kappa shape index (κ3) is 5.17. The van der Waals surface area contributed by atoms with Crippen molar-refractivity contribution in [3.63, 3.8) is 0 Å².